The Kier molecular flexibility index (Phi) is 4.78. The van der Waals surface area contributed by atoms with Gasteiger partial charge in [-0.05, 0) is 45.4 Å². The first-order chi connectivity index (χ1) is 9.85. The van der Waals surface area contributed by atoms with Crippen LogP contribution in [0.25, 0.3) is 0 Å². The summed E-state index contributed by atoms with van der Waals surface area (Å²) in [5.41, 5.74) is 0. The summed E-state index contributed by atoms with van der Waals surface area (Å²) in [7, 11) is 0. The number of rotatable bonds is 5. The van der Waals surface area contributed by atoms with Crippen molar-refractivity contribution in [1.82, 2.24) is 10.6 Å². The third kappa shape index (κ3) is 3.44. The van der Waals surface area contributed by atoms with Gasteiger partial charge in [-0.25, -0.2) is 0 Å². The van der Waals surface area contributed by atoms with E-state index in [1.165, 1.54) is 25.7 Å². The van der Waals surface area contributed by atoms with Gasteiger partial charge in [0.1, 0.15) is 0 Å². The molecule has 2 bridgehead atoms. The van der Waals surface area contributed by atoms with Gasteiger partial charge in [0.2, 0.25) is 0 Å². The van der Waals surface area contributed by atoms with Crippen molar-refractivity contribution in [3.63, 3.8) is 0 Å². The first-order valence-corrected chi connectivity index (χ1v) is 8.17. The number of guanidine groups is 1. The maximum atomic E-state index is 5.88. The topological polar surface area (TPSA) is 54.9 Å². The molecule has 20 heavy (non-hydrogen) atoms. The predicted octanol–water partition coefficient (Wildman–Crippen LogP) is 1.43. The van der Waals surface area contributed by atoms with Crippen LogP contribution in [0.4, 0.5) is 0 Å². The van der Waals surface area contributed by atoms with E-state index in [0.29, 0.717) is 24.4 Å². The predicted molar refractivity (Wildman–Crippen MR) is 79.0 cm³/mol. The molecule has 0 aliphatic carbocycles. The quantitative estimate of drug-likeness (QED) is 0.591. The molecule has 0 aromatic rings. The number of aliphatic imine (C=N–C) groups is 1. The number of ether oxygens (including phenoxy) is 2. The van der Waals surface area contributed by atoms with Gasteiger partial charge in [0.25, 0.3) is 0 Å². The maximum Gasteiger partial charge on any atom is 0.191 e. The summed E-state index contributed by atoms with van der Waals surface area (Å²) in [5, 5.41) is 6.88. The van der Waals surface area contributed by atoms with Crippen LogP contribution in [0.2, 0.25) is 0 Å². The van der Waals surface area contributed by atoms with E-state index in [1.807, 2.05) is 0 Å². The highest BCUT2D eigenvalue weighted by Crippen LogP contribution is 2.34. The Morgan fingerprint density at radius 3 is 2.90 bits per heavy atom. The smallest absolute Gasteiger partial charge is 0.191 e. The van der Waals surface area contributed by atoms with Gasteiger partial charge in [0.15, 0.2) is 5.96 Å². The molecule has 3 aliphatic heterocycles. The molecular formula is C15H27N3O2. The zero-order chi connectivity index (χ0) is 13.8. The van der Waals surface area contributed by atoms with Crippen molar-refractivity contribution in [3.8, 4) is 0 Å². The Labute approximate surface area is 121 Å². The lowest BCUT2D eigenvalue weighted by atomic mass is 9.96. The minimum Gasteiger partial charge on any atom is -0.378 e. The minimum absolute atomic E-state index is 0.391. The van der Waals surface area contributed by atoms with Crippen LogP contribution in [0.3, 0.4) is 0 Å². The third-order valence-corrected chi connectivity index (χ3v) is 4.52. The van der Waals surface area contributed by atoms with Crippen LogP contribution in [-0.4, -0.2) is 50.0 Å². The molecule has 0 aromatic carbocycles. The second-order valence-electron chi connectivity index (χ2n) is 6.04. The maximum absolute atomic E-state index is 5.88. The second kappa shape index (κ2) is 6.76. The van der Waals surface area contributed by atoms with E-state index in [0.717, 1.165) is 38.5 Å². The van der Waals surface area contributed by atoms with Crippen LogP contribution in [0.15, 0.2) is 4.99 Å². The van der Waals surface area contributed by atoms with E-state index in [2.05, 4.69) is 22.5 Å². The van der Waals surface area contributed by atoms with E-state index in [1.54, 1.807) is 0 Å². The minimum atomic E-state index is 0.391. The van der Waals surface area contributed by atoms with E-state index in [4.69, 9.17) is 9.47 Å². The van der Waals surface area contributed by atoms with Gasteiger partial charge in [0.05, 0.1) is 24.4 Å². The Hall–Kier alpha value is -0.810. The van der Waals surface area contributed by atoms with E-state index in [9.17, 15) is 0 Å². The van der Waals surface area contributed by atoms with Crippen LogP contribution in [0.1, 0.15) is 45.4 Å². The highest BCUT2D eigenvalue weighted by molar-refractivity contribution is 5.80. The molecule has 0 radical (unpaired) electrons. The zero-order valence-corrected chi connectivity index (χ0v) is 12.4. The van der Waals surface area contributed by atoms with Gasteiger partial charge in [-0.2, -0.15) is 0 Å². The molecule has 0 saturated carbocycles. The van der Waals surface area contributed by atoms with E-state index in [-0.39, 0.29) is 0 Å². The molecule has 5 heteroatoms. The van der Waals surface area contributed by atoms with Gasteiger partial charge < -0.3 is 20.1 Å². The fourth-order valence-electron chi connectivity index (χ4n) is 3.48. The lowest BCUT2D eigenvalue weighted by molar-refractivity contribution is 0.0991. The number of hydrogen-bond donors (Lipinski definition) is 2. The molecule has 3 fully saturated rings. The highest BCUT2D eigenvalue weighted by atomic mass is 16.5. The standard InChI is InChI=1S/C15H27N3O2/c1-2-16-15(17-8-7-11-4-3-9-19-11)18-13-10-12-5-6-14(13)20-12/h11-14H,2-10H2,1H3,(H2,16,17,18). The van der Waals surface area contributed by atoms with Gasteiger partial charge in [-0.3, -0.25) is 4.99 Å². The normalized spacial score (nSPS) is 36.5. The molecule has 4 unspecified atom stereocenters. The average Bonchev–Trinajstić information content (AvgIpc) is 3.16. The summed E-state index contributed by atoms with van der Waals surface area (Å²) < 4.78 is 11.5. The monoisotopic (exact) mass is 281 g/mol. The second-order valence-corrected chi connectivity index (χ2v) is 6.04. The zero-order valence-electron chi connectivity index (χ0n) is 12.4. The number of nitrogens with one attached hydrogen (secondary N) is 2. The van der Waals surface area contributed by atoms with Crippen molar-refractivity contribution >= 4 is 5.96 Å². The van der Waals surface area contributed by atoms with Gasteiger partial charge in [-0.15, -0.1) is 0 Å². The van der Waals surface area contributed by atoms with Crippen LogP contribution < -0.4 is 10.6 Å². The molecule has 3 saturated heterocycles. The summed E-state index contributed by atoms with van der Waals surface area (Å²) in [5.74, 6) is 0.937. The van der Waals surface area contributed by atoms with Gasteiger partial charge >= 0.3 is 0 Å². The molecule has 3 aliphatic rings. The molecule has 3 heterocycles. The fraction of sp³-hybridized carbons (Fsp3) is 0.933. The molecule has 114 valence electrons. The Morgan fingerprint density at radius 2 is 2.25 bits per heavy atom. The van der Waals surface area contributed by atoms with Crippen molar-refractivity contribution in [2.75, 3.05) is 19.7 Å². The molecule has 4 atom stereocenters. The van der Waals surface area contributed by atoms with Crippen LogP contribution in [0.5, 0.6) is 0 Å². The van der Waals surface area contributed by atoms with Crippen molar-refractivity contribution in [2.24, 2.45) is 4.99 Å². The van der Waals surface area contributed by atoms with Crippen molar-refractivity contribution in [2.45, 2.75) is 69.8 Å². The summed E-state index contributed by atoms with van der Waals surface area (Å²) in [4.78, 5) is 4.68. The lowest BCUT2D eigenvalue weighted by Gasteiger charge is -2.22. The lowest BCUT2D eigenvalue weighted by Crippen LogP contribution is -2.47. The summed E-state index contributed by atoms with van der Waals surface area (Å²) in [6.45, 7) is 4.76. The number of fused-ring (bicyclic) bond motifs is 2. The summed E-state index contributed by atoms with van der Waals surface area (Å²) >= 11 is 0. The third-order valence-electron chi connectivity index (χ3n) is 4.52. The largest absolute Gasteiger partial charge is 0.378 e. The van der Waals surface area contributed by atoms with Crippen molar-refractivity contribution < 1.29 is 9.47 Å². The fourth-order valence-corrected chi connectivity index (χ4v) is 3.48. The van der Waals surface area contributed by atoms with Gasteiger partial charge in [0, 0.05) is 19.7 Å². The molecule has 0 spiro atoms. The average molecular weight is 281 g/mol. The van der Waals surface area contributed by atoms with Crippen LogP contribution >= 0.6 is 0 Å². The van der Waals surface area contributed by atoms with Crippen molar-refractivity contribution in [3.05, 3.63) is 0 Å². The molecule has 2 N–H and O–H groups in total. The van der Waals surface area contributed by atoms with Crippen LogP contribution in [0, 0.1) is 0 Å². The van der Waals surface area contributed by atoms with E-state index >= 15 is 0 Å². The van der Waals surface area contributed by atoms with E-state index < -0.39 is 0 Å². The summed E-state index contributed by atoms with van der Waals surface area (Å²) in [6.07, 6.45) is 8.27. The summed E-state index contributed by atoms with van der Waals surface area (Å²) in [6, 6.07) is 0.439. The SMILES string of the molecule is CCNC(=NCCC1CCCO1)NC1CC2CCC1O2. The number of hydrogen-bond acceptors (Lipinski definition) is 3. The van der Waals surface area contributed by atoms with Gasteiger partial charge in [-0.1, -0.05) is 0 Å². The molecule has 3 rings (SSSR count). The molecule has 5 nitrogen and oxygen atoms in total. The number of nitrogens with zero attached hydrogens (tertiary/aromatic N) is 1. The first kappa shape index (κ1) is 14.1. The Balaban J connectivity index is 1.46. The Bertz CT molecular complexity index is 342. The molecule has 0 aromatic heterocycles. The molecule has 0 amide bonds. The highest BCUT2D eigenvalue weighted by Gasteiger charge is 2.41. The van der Waals surface area contributed by atoms with Crippen LogP contribution in [-0.2, 0) is 9.47 Å². The van der Waals surface area contributed by atoms with Crippen molar-refractivity contribution in [1.29, 1.82) is 0 Å². The molecular weight excluding hydrogens is 254 g/mol. The first-order valence-electron chi connectivity index (χ1n) is 8.17. The Morgan fingerprint density at radius 1 is 1.30 bits per heavy atom.